The van der Waals surface area contributed by atoms with Gasteiger partial charge in [0.25, 0.3) is 5.69 Å². The zero-order chi connectivity index (χ0) is 20.3. The molecule has 28 heavy (non-hydrogen) atoms. The first-order chi connectivity index (χ1) is 13.3. The van der Waals surface area contributed by atoms with Crippen molar-refractivity contribution in [2.24, 2.45) is 5.92 Å². The van der Waals surface area contributed by atoms with Gasteiger partial charge < -0.3 is 4.90 Å². The Labute approximate surface area is 169 Å². The van der Waals surface area contributed by atoms with Crippen molar-refractivity contribution in [3.63, 3.8) is 0 Å². The van der Waals surface area contributed by atoms with E-state index >= 15 is 0 Å². The van der Waals surface area contributed by atoms with Crippen LogP contribution in [0.25, 0.3) is 0 Å². The standard InChI is InChI=1S/C18H24ClN3O5S/c19-15-7-4-8-16(22(24)25)17(15)28(26,27)20-14-9-11-21(12-10-14)18(23)13-5-2-1-3-6-13/h4,7-8,13-14,20H,1-3,5-6,9-12H2. The molecule has 1 heterocycles. The molecule has 3 rings (SSSR count). The van der Waals surface area contributed by atoms with Crippen molar-refractivity contribution < 1.29 is 18.1 Å². The average molecular weight is 430 g/mol. The summed E-state index contributed by atoms with van der Waals surface area (Å²) in [6.07, 6.45) is 6.16. The molecule has 0 aromatic heterocycles. The summed E-state index contributed by atoms with van der Waals surface area (Å²) in [6.45, 7) is 0.959. The number of rotatable bonds is 5. The number of carbonyl (C=O) groups is 1. The van der Waals surface area contributed by atoms with E-state index in [2.05, 4.69) is 4.72 Å². The summed E-state index contributed by atoms with van der Waals surface area (Å²) in [5.41, 5.74) is -0.551. The molecular formula is C18H24ClN3O5S. The molecule has 2 aliphatic rings. The number of amides is 1. The van der Waals surface area contributed by atoms with Gasteiger partial charge in [-0.1, -0.05) is 36.9 Å². The molecule has 1 N–H and O–H groups in total. The highest BCUT2D eigenvalue weighted by molar-refractivity contribution is 7.89. The van der Waals surface area contributed by atoms with Crippen molar-refractivity contribution in [3.8, 4) is 0 Å². The fourth-order valence-electron chi connectivity index (χ4n) is 4.01. The molecule has 0 bridgehead atoms. The second kappa shape index (κ2) is 8.75. The molecule has 1 aliphatic heterocycles. The van der Waals surface area contributed by atoms with Crippen LogP contribution in [0.3, 0.4) is 0 Å². The first kappa shape index (κ1) is 21.0. The Morgan fingerprint density at radius 2 is 1.79 bits per heavy atom. The Morgan fingerprint density at radius 1 is 1.14 bits per heavy atom. The van der Waals surface area contributed by atoms with E-state index in [0.717, 1.165) is 31.7 Å². The van der Waals surface area contributed by atoms with Crippen LogP contribution in [0.2, 0.25) is 5.02 Å². The van der Waals surface area contributed by atoms with Gasteiger partial charge in [-0.15, -0.1) is 0 Å². The molecule has 1 saturated heterocycles. The number of piperidine rings is 1. The van der Waals surface area contributed by atoms with E-state index in [1.807, 2.05) is 4.90 Å². The number of nitrogens with zero attached hydrogens (tertiary/aromatic N) is 2. The van der Waals surface area contributed by atoms with Gasteiger partial charge in [0.15, 0.2) is 4.90 Å². The SMILES string of the molecule is O=C(C1CCCCC1)N1CCC(NS(=O)(=O)c2c(Cl)cccc2[N+](=O)[O-])CC1. The van der Waals surface area contributed by atoms with Gasteiger partial charge in [0.2, 0.25) is 15.9 Å². The molecular weight excluding hydrogens is 406 g/mol. The lowest BCUT2D eigenvalue weighted by Crippen LogP contribution is -2.48. The van der Waals surface area contributed by atoms with Crippen LogP contribution in [0.4, 0.5) is 5.69 Å². The monoisotopic (exact) mass is 429 g/mol. The number of nitro groups is 1. The van der Waals surface area contributed by atoms with Crippen LogP contribution in [0.1, 0.15) is 44.9 Å². The van der Waals surface area contributed by atoms with E-state index < -0.39 is 31.6 Å². The van der Waals surface area contributed by atoms with Crippen LogP contribution in [0.5, 0.6) is 0 Å². The summed E-state index contributed by atoms with van der Waals surface area (Å²) in [5, 5.41) is 11.0. The van der Waals surface area contributed by atoms with Crippen molar-refractivity contribution in [1.82, 2.24) is 9.62 Å². The minimum absolute atomic E-state index is 0.0905. The molecule has 8 nitrogen and oxygen atoms in total. The van der Waals surface area contributed by atoms with E-state index in [1.165, 1.54) is 18.6 Å². The lowest BCUT2D eigenvalue weighted by Gasteiger charge is -2.35. The topological polar surface area (TPSA) is 110 Å². The molecule has 10 heteroatoms. The van der Waals surface area contributed by atoms with Gasteiger partial charge in [-0.3, -0.25) is 14.9 Å². The number of nitro benzene ring substituents is 1. The van der Waals surface area contributed by atoms with Gasteiger partial charge in [-0.05, 0) is 31.7 Å². The Kier molecular flexibility index (Phi) is 6.57. The molecule has 154 valence electrons. The fraction of sp³-hybridized carbons (Fsp3) is 0.611. The molecule has 0 atom stereocenters. The van der Waals surface area contributed by atoms with Crippen LogP contribution in [-0.4, -0.2) is 43.3 Å². The lowest BCUT2D eigenvalue weighted by atomic mass is 9.87. The van der Waals surface area contributed by atoms with Crippen molar-refractivity contribution in [1.29, 1.82) is 0 Å². The van der Waals surface area contributed by atoms with E-state index in [4.69, 9.17) is 11.6 Å². The third kappa shape index (κ3) is 4.64. The average Bonchev–Trinajstić information content (AvgIpc) is 2.68. The van der Waals surface area contributed by atoms with Crippen LogP contribution in [0.15, 0.2) is 23.1 Å². The number of sulfonamides is 1. The zero-order valence-corrected chi connectivity index (χ0v) is 17.0. The van der Waals surface area contributed by atoms with Crippen molar-refractivity contribution in [2.45, 2.75) is 55.9 Å². The zero-order valence-electron chi connectivity index (χ0n) is 15.5. The van der Waals surface area contributed by atoms with Crippen LogP contribution >= 0.6 is 11.6 Å². The van der Waals surface area contributed by atoms with Gasteiger partial charge in [0.05, 0.1) is 9.95 Å². The third-order valence-electron chi connectivity index (χ3n) is 5.49. The Balaban J connectivity index is 1.64. The molecule has 1 aromatic carbocycles. The maximum atomic E-state index is 12.7. The number of carbonyl (C=O) groups excluding carboxylic acids is 1. The number of nitrogens with one attached hydrogen (secondary N) is 1. The summed E-state index contributed by atoms with van der Waals surface area (Å²) in [4.78, 5) is 24.4. The van der Waals surface area contributed by atoms with Crippen molar-refractivity contribution in [3.05, 3.63) is 33.3 Å². The minimum Gasteiger partial charge on any atom is -0.342 e. The third-order valence-corrected chi connectivity index (χ3v) is 7.53. The van der Waals surface area contributed by atoms with Gasteiger partial charge in [0, 0.05) is 31.1 Å². The van der Waals surface area contributed by atoms with Gasteiger partial charge in [0.1, 0.15) is 0 Å². The molecule has 0 unspecified atom stereocenters. The number of benzene rings is 1. The fourth-order valence-corrected chi connectivity index (χ4v) is 6.02. The van der Waals surface area contributed by atoms with Gasteiger partial charge in [-0.25, -0.2) is 13.1 Å². The molecule has 2 fully saturated rings. The number of hydrogen-bond acceptors (Lipinski definition) is 5. The Bertz CT molecular complexity index is 847. The second-order valence-corrected chi connectivity index (χ2v) is 9.46. The summed E-state index contributed by atoms with van der Waals surface area (Å²) in [5.74, 6) is 0.260. The Hall–Kier alpha value is -1.71. The predicted molar refractivity (Wildman–Crippen MR) is 105 cm³/mol. The van der Waals surface area contributed by atoms with E-state index in [1.54, 1.807) is 0 Å². The maximum absolute atomic E-state index is 12.7. The highest BCUT2D eigenvalue weighted by Crippen LogP contribution is 2.31. The second-order valence-electron chi connectivity index (χ2n) is 7.40. The normalized spacial score (nSPS) is 19.5. The summed E-state index contributed by atoms with van der Waals surface area (Å²) in [7, 11) is -4.15. The van der Waals surface area contributed by atoms with E-state index in [9.17, 15) is 23.3 Å². The van der Waals surface area contributed by atoms with Crippen LogP contribution < -0.4 is 4.72 Å². The Morgan fingerprint density at radius 3 is 2.39 bits per heavy atom. The highest BCUT2D eigenvalue weighted by atomic mass is 35.5. The maximum Gasteiger partial charge on any atom is 0.290 e. The van der Waals surface area contributed by atoms with Crippen LogP contribution in [0, 0.1) is 16.0 Å². The molecule has 1 saturated carbocycles. The summed E-state index contributed by atoms with van der Waals surface area (Å²) in [6, 6.07) is 3.38. The molecule has 0 spiro atoms. The molecule has 1 aromatic rings. The minimum atomic E-state index is -4.15. The number of hydrogen-bond donors (Lipinski definition) is 1. The molecule has 0 radical (unpaired) electrons. The number of likely N-dealkylation sites (tertiary alicyclic amines) is 1. The van der Waals surface area contributed by atoms with E-state index in [-0.39, 0.29) is 16.8 Å². The van der Waals surface area contributed by atoms with Crippen molar-refractivity contribution in [2.75, 3.05) is 13.1 Å². The molecule has 1 amide bonds. The van der Waals surface area contributed by atoms with Gasteiger partial charge in [-0.2, -0.15) is 0 Å². The molecule has 1 aliphatic carbocycles. The van der Waals surface area contributed by atoms with Crippen molar-refractivity contribution >= 4 is 33.2 Å². The summed E-state index contributed by atoms with van der Waals surface area (Å²) >= 11 is 5.95. The quantitative estimate of drug-likeness (QED) is 0.571. The highest BCUT2D eigenvalue weighted by Gasteiger charge is 2.34. The lowest BCUT2D eigenvalue weighted by molar-refractivity contribution is -0.387. The first-order valence-electron chi connectivity index (χ1n) is 9.53. The summed E-state index contributed by atoms with van der Waals surface area (Å²) < 4.78 is 28.0. The van der Waals surface area contributed by atoms with Gasteiger partial charge >= 0.3 is 0 Å². The van der Waals surface area contributed by atoms with E-state index in [0.29, 0.717) is 25.9 Å². The largest absolute Gasteiger partial charge is 0.342 e. The predicted octanol–water partition coefficient (Wildman–Crippen LogP) is 3.10. The number of halogens is 1. The first-order valence-corrected chi connectivity index (χ1v) is 11.4. The smallest absolute Gasteiger partial charge is 0.290 e. The van der Waals surface area contributed by atoms with Crippen LogP contribution in [-0.2, 0) is 14.8 Å².